The number of amidine groups is 1. The second-order valence-electron chi connectivity index (χ2n) is 12.0. The van der Waals surface area contributed by atoms with Gasteiger partial charge in [-0.3, -0.25) is 10.4 Å². The standard InChI is InChI=1S/C33H34N4O14/c1-47-28-21(50-32-27(42)29(43)33(46,30(51-32)31(44)45)10-15-11-35-13-36-15)9-20-24(26(28)41)18(39)8-19(49-20)14-2-4-16(5-3-14)48-22(12-38)25(40)17-6-7-23(34)37-17/h2-9,13,19,22,25,27,29-30,32,34,38-43,46H,10-12H2,1H3,(H,44,45)/p+1/t19?,22-,25-,27-,29+,30-,32-,33+/m1/s1. The van der Waals surface area contributed by atoms with E-state index in [9.17, 15) is 45.6 Å². The van der Waals surface area contributed by atoms with E-state index in [0.717, 1.165) is 0 Å². The van der Waals surface area contributed by atoms with Gasteiger partial charge in [0.05, 0.1) is 20.3 Å². The number of carboxylic acids is 1. The minimum Gasteiger partial charge on any atom is -0.507 e. The predicted octanol–water partition coefficient (Wildman–Crippen LogP) is -1.78. The molecule has 0 saturated carbocycles. The van der Waals surface area contributed by atoms with Crippen LogP contribution in [0.4, 0.5) is 0 Å². The monoisotopic (exact) mass is 711 g/mol. The highest BCUT2D eigenvalue weighted by molar-refractivity contribution is 6.15. The minimum absolute atomic E-state index is 0.0569. The fraction of sp³-hybridized carbons (Fsp3) is 0.364. The first-order chi connectivity index (χ1) is 24.3. The Kier molecular flexibility index (Phi) is 9.80. The van der Waals surface area contributed by atoms with E-state index >= 15 is 0 Å². The number of aliphatic imine (C=N–C) groups is 3. The summed E-state index contributed by atoms with van der Waals surface area (Å²) in [4.78, 5) is 24.0. The van der Waals surface area contributed by atoms with Crippen molar-refractivity contribution in [3.05, 3.63) is 59.7 Å². The van der Waals surface area contributed by atoms with Crippen LogP contribution in [0.1, 0.15) is 23.7 Å². The highest BCUT2D eigenvalue weighted by Gasteiger charge is 2.59. The van der Waals surface area contributed by atoms with Crippen molar-refractivity contribution >= 4 is 35.3 Å². The van der Waals surface area contributed by atoms with Gasteiger partial charge >= 0.3 is 11.8 Å². The van der Waals surface area contributed by atoms with Crippen LogP contribution in [0.3, 0.4) is 0 Å². The number of hydrogen-bond acceptors (Lipinski definition) is 15. The number of carboxylic acid groups (broad SMARTS) is 1. The average molecular weight is 712 g/mol. The smallest absolute Gasteiger partial charge is 0.336 e. The van der Waals surface area contributed by atoms with Crippen LogP contribution in [0, 0.1) is 0 Å². The molecule has 10 N–H and O–H groups in total. The number of nitrogens with zero attached hydrogens (tertiary/aromatic N) is 3. The Morgan fingerprint density at radius 1 is 1.18 bits per heavy atom. The van der Waals surface area contributed by atoms with E-state index in [4.69, 9.17) is 29.1 Å². The highest BCUT2D eigenvalue weighted by Crippen LogP contribution is 2.51. The number of aliphatic hydroxyl groups excluding tert-OH is 5. The molecular formula is C33H35N4O14+. The number of methoxy groups -OCH3 is 1. The molecule has 270 valence electrons. The second kappa shape index (κ2) is 14.1. The highest BCUT2D eigenvalue weighted by atomic mass is 16.7. The van der Waals surface area contributed by atoms with Crippen molar-refractivity contribution in [1.29, 1.82) is 0 Å². The van der Waals surface area contributed by atoms with Crippen molar-refractivity contribution < 1.29 is 74.7 Å². The molecule has 6 rings (SSSR count). The van der Waals surface area contributed by atoms with E-state index < -0.39 is 79.0 Å². The molecule has 8 atom stereocenters. The van der Waals surface area contributed by atoms with Gasteiger partial charge in [0, 0.05) is 30.4 Å². The molecule has 18 nitrogen and oxygen atoms in total. The van der Waals surface area contributed by atoms with Crippen LogP contribution in [0.25, 0.3) is 5.76 Å². The number of phenols is 1. The van der Waals surface area contributed by atoms with E-state index in [1.54, 1.807) is 24.3 Å². The lowest BCUT2D eigenvalue weighted by Crippen LogP contribution is -2.69. The molecule has 4 aliphatic heterocycles. The Labute approximate surface area is 288 Å². The van der Waals surface area contributed by atoms with Crippen LogP contribution in [0.15, 0.2) is 63.5 Å². The van der Waals surface area contributed by atoms with Gasteiger partial charge in [-0.05, 0) is 28.8 Å². The molecule has 1 saturated heterocycles. The fourth-order valence-corrected chi connectivity index (χ4v) is 6.01. The molecule has 0 radical (unpaired) electrons. The number of rotatable bonds is 12. The lowest BCUT2D eigenvalue weighted by atomic mass is 9.80. The molecule has 0 bridgehead atoms. The average Bonchev–Trinajstić information content (AvgIpc) is 3.78. The van der Waals surface area contributed by atoms with Gasteiger partial charge < -0.3 is 64.5 Å². The number of aromatic hydroxyl groups is 1. The molecule has 2 aromatic rings. The van der Waals surface area contributed by atoms with Crippen LogP contribution in [0.5, 0.6) is 28.7 Å². The van der Waals surface area contributed by atoms with E-state index in [1.807, 2.05) is 0 Å². The van der Waals surface area contributed by atoms with Crippen LogP contribution in [-0.4, -0.2) is 133 Å². The molecular weight excluding hydrogens is 676 g/mol. The maximum atomic E-state index is 12.2. The largest absolute Gasteiger partial charge is 0.507 e. The number of phenolic OH excluding ortho intramolecular Hbond substituents is 1. The van der Waals surface area contributed by atoms with Gasteiger partial charge in [0.2, 0.25) is 12.0 Å². The molecule has 0 aliphatic carbocycles. The third kappa shape index (κ3) is 6.75. The Morgan fingerprint density at radius 2 is 1.92 bits per heavy atom. The van der Waals surface area contributed by atoms with Crippen molar-refractivity contribution in [2.24, 2.45) is 15.0 Å². The molecule has 51 heavy (non-hydrogen) atoms. The van der Waals surface area contributed by atoms with Gasteiger partial charge in [-0.25, -0.2) is 9.79 Å². The number of fused-ring (bicyclic) bond motifs is 1. The number of ether oxygens (including phenoxy) is 5. The molecule has 0 aromatic heterocycles. The Bertz CT molecular complexity index is 1860. The lowest BCUT2D eigenvalue weighted by molar-refractivity contribution is -0.303. The number of carbonyl (C=O) groups is 1. The molecule has 4 heterocycles. The van der Waals surface area contributed by atoms with Gasteiger partial charge in [-0.1, -0.05) is 12.1 Å². The molecule has 1 unspecified atom stereocenters. The lowest BCUT2D eigenvalue weighted by Gasteiger charge is -2.46. The zero-order valence-corrected chi connectivity index (χ0v) is 26.8. The molecule has 1 fully saturated rings. The quantitative estimate of drug-likeness (QED) is 0.118. The minimum atomic E-state index is -2.51. The van der Waals surface area contributed by atoms with Crippen LogP contribution in [-0.2, 0) is 9.53 Å². The third-order valence-corrected chi connectivity index (χ3v) is 8.61. The maximum absolute atomic E-state index is 12.2. The molecule has 4 aliphatic rings. The summed E-state index contributed by atoms with van der Waals surface area (Å²) in [5, 5.41) is 91.1. The van der Waals surface area contributed by atoms with Crippen molar-refractivity contribution in [3.8, 4) is 28.7 Å². The zero-order chi connectivity index (χ0) is 36.6. The topological polar surface area (TPSA) is 288 Å². The normalized spacial score (nSPS) is 27.8. The summed E-state index contributed by atoms with van der Waals surface area (Å²) >= 11 is 0. The summed E-state index contributed by atoms with van der Waals surface area (Å²) < 4.78 is 28.3. The fourth-order valence-electron chi connectivity index (χ4n) is 6.01. The van der Waals surface area contributed by atoms with E-state index in [1.165, 1.54) is 37.7 Å². The van der Waals surface area contributed by atoms with Gasteiger partial charge in [0.15, 0.2) is 35.5 Å². The van der Waals surface area contributed by atoms with Crippen LogP contribution < -0.4 is 24.4 Å². The first-order valence-corrected chi connectivity index (χ1v) is 15.5. The number of hydrogen-bond donors (Lipinski definition) is 9. The molecule has 2 aromatic carbocycles. The molecule has 18 heteroatoms. The first kappa shape index (κ1) is 35.5. The molecule has 0 amide bonds. The van der Waals surface area contributed by atoms with Gasteiger partial charge in [-0.2, -0.15) is 0 Å². The van der Waals surface area contributed by atoms with Crippen molar-refractivity contribution in [2.45, 2.75) is 54.9 Å². The van der Waals surface area contributed by atoms with E-state index in [2.05, 4.69) is 15.0 Å². The maximum Gasteiger partial charge on any atom is 0.336 e. The summed E-state index contributed by atoms with van der Waals surface area (Å²) in [6.07, 6.45) is -6.29. The van der Waals surface area contributed by atoms with E-state index in [-0.39, 0.29) is 52.4 Å². The number of benzene rings is 2. The van der Waals surface area contributed by atoms with Crippen molar-refractivity contribution in [3.63, 3.8) is 0 Å². The Balaban J connectivity index is 1.21. The van der Waals surface area contributed by atoms with Gasteiger partial charge in [0.25, 0.3) is 0 Å². The Hall–Kier alpha value is -5.37. The number of aliphatic hydroxyl groups is 6. The van der Waals surface area contributed by atoms with Gasteiger partial charge in [0.1, 0.15) is 53.1 Å². The molecule has 0 spiro atoms. The summed E-state index contributed by atoms with van der Waals surface area (Å²) in [6, 6.07) is 7.48. The van der Waals surface area contributed by atoms with Crippen LogP contribution in [0.2, 0.25) is 0 Å². The van der Waals surface area contributed by atoms with Crippen LogP contribution >= 0.6 is 0 Å². The summed E-state index contributed by atoms with van der Waals surface area (Å²) in [6.45, 7) is -0.474. The van der Waals surface area contributed by atoms with Crippen molar-refractivity contribution in [1.82, 2.24) is 0 Å². The predicted molar refractivity (Wildman–Crippen MR) is 175 cm³/mol. The summed E-state index contributed by atoms with van der Waals surface area (Å²) in [5.74, 6) is -3.01. The summed E-state index contributed by atoms with van der Waals surface area (Å²) in [5.41, 5.74) is -1.69. The van der Waals surface area contributed by atoms with E-state index in [0.29, 0.717) is 5.56 Å². The third-order valence-electron chi connectivity index (χ3n) is 8.61. The summed E-state index contributed by atoms with van der Waals surface area (Å²) in [7, 11) is 1.17. The zero-order valence-electron chi connectivity index (χ0n) is 26.8. The van der Waals surface area contributed by atoms with Gasteiger partial charge in [-0.15, -0.1) is 0 Å². The number of aliphatic carboxylic acids is 1. The van der Waals surface area contributed by atoms with Crippen molar-refractivity contribution in [2.75, 3.05) is 20.3 Å². The second-order valence-corrected chi connectivity index (χ2v) is 12.0. The Morgan fingerprint density at radius 3 is 2.53 bits per heavy atom. The first-order valence-electron chi connectivity index (χ1n) is 15.5. The SMILES string of the molecule is COc1c(O[C@@H]2O[C@H](C(=O)O)[C@](O)(CC3=NC=NC3)[C@@H](O)[C@H]2O)cc2c(c1O)C(O)=CC(c1ccc(O[C@H](CO)[C@H](O)C3=NC(=[NH2+])C=C3)cc1)O2. The number of nitrogens with two attached hydrogens (primary N) is 1.